The highest BCUT2D eigenvalue weighted by Gasteiger charge is 2.30. The summed E-state index contributed by atoms with van der Waals surface area (Å²) in [5.74, 6) is -1.47. The molecule has 0 radical (unpaired) electrons. The first-order chi connectivity index (χ1) is 12.3. The molecule has 0 unspecified atom stereocenters. The summed E-state index contributed by atoms with van der Waals surface area (Å²) in [6, 6.07) is 13.2. The van der Waals surface area contributed by atoms with Gasteiger partial charge in [-0.2, -0.15) is 13.2 Å². The van der Waals surface area contributed by atoms with E-state index in [0.29, 0.717) is 0 Å². The maximum Gasteiger partial charge on any atom is 0.416 e. The van der Waals surface area contributed by atoms with Crippen LogP contribution in [0.4, 0.5) is 18.9 Å². The highest BCUT2D eigenvalue weighted by atomic mass is 19.4. The van der Waals surface area contributed by atoms with Gasteiger partial charge in [-0.1, -0.05) is 36.4 Å². The van der Waals surface area contributed by atoms with Crippen LogP contribution >= 0.6 is 0 Å². The molecule has 1 N–H and O–H groups in total. The van der Waals surface area contributed by atoms with E-state index in [2.05, 4.69) is 5.32 Å². The lowest BCUT2D eigenvalue weighted by molar-refractivity contribution is -0.148. The Kier molecular flexibility index (Phi) is 6.16. The van der Waals surface area contributed by atoms with E-state index in [-0.39, 0.29) is 5.69 Å². The summed E-state index contributed by atoms with van der Waals surface area (Å²) < 4.78 is 43.0. The highest BCUT2D eigenvalue weighted by Crippen LogP contribution is 2.30. The molecular weight excluding hydrogens is 347 g/mol. The second-order valence-corrected chi connectivity index (χ2v) is 5.39. The Morgan fingerprint density at radius 3 is 2.42 bits per heavy atom. The molecule has 0 aliphatic heterocycles. The van der Waals surface area contributed by atoms with Crippen LogP contribution in [-0.2, 0) is 20.5 Å². The quantitative estimate of drug-likeness (QED) is 0.637. The van der Waals surface area contributed by atoms with Crippen LogP contribution in [0.2, 0.25) is 0 Å². The zero-order valence-corrected chi connectivity index (χ0v) is 13.8. The van der Waals surface area contributed by atoms with Gasteiger partial charge < -0.3 is 10.1 Å². The van der Waals surface area contributed by atoms with Gasteiger partial charge >= 0.3 is 12.1 Å². The summed E-state index contributed by atoms with van der Waals surface area (Å²) in [7, 11) is 0. The molecule has 2 rings (SSSR count). The smallest absolute Gasteiger partial charge is 0.416 e. The van der Waals surface area contributed by atoms with Crippen LogP contribution in [0.5, 0.6) is 0 Å². The number of nitrogens with one attached hydrogen (secondary N) is 1. The summed E-state index contributed by atoms with van der Waals surface area (Å²) in [4.78, 5) is 23.7. The molecule has 0 spiro atoms. The first kappa shape index (κ1) is 19.2. The summed E-state index contributed by atoms with van der Waals surface area (Å²) in [6.07, 6.45) is -2.98. The van der Waals surface area contributed by atoms with E-state index in [4.69, 9.17) is 4.74 Å². The molecule has 0 bridgehead atoms. The monoisotopic (exact) mass is 363 g/mol. The molecule has 26 heavy (non-hydrogen) atoms. The number of amides is 1. The molecule has 0 aliphatic rings. The van der Waals surface area contributed by atoms with Gasteiger partial charge in [0.1, 0.15) is 0 Å². The van der Waals surface area contributed by atoms with Gasteiger partial charge in [0.2, 0.25) is 0 Å². The number of rotatable bonds is 5. The van der Waals surface area contributed by atoms with Crippen molar-refractivity contribution < 1.29 is 27.5 Å². The van der Waals surface area contributed by atoms with Crippen LogP contribution in [0.15, 0.2) is 60.7 Å². The number of ether oxygens (including phenoxy) is 1. The Labute approximate surface area is 148 Å². The van der Waals surface area contributed by atoms with E-state index in [1.54, 1.807) is 24.3 Å². The minimum Gasteiger partial charge on any atom is -0.449 e. The number of anilines is 1. The zero-order chi connectivity index (χ0) is 19.2. The summed E-state index contributed by atoms with van der Waals surface area (Å²) >= 11 is 0. The van der Waals surface area contributed by atoms with E-state index in [9.17, 15) is 22.8 Å². The van der Waals surface area contributed by atoms with Gasteiger partial charge in [-0.05, 0) is 36.8 Å². The van der Waals surface area contributed by atoms with Gasteiger partial charge in [-0.15, -0.1) is 0 Å². The minimum absolute atomic E-state index is 0.0347. The topological polar surface area (TPSA) is 55.4 Å². The normalized spacial score (nSPS) is 12.6. The van der Waals surface area contributed by atoms with Crippen molar-refractivity contribution in [1.82, 2.24) is 0 Å². The maximum absolute atomic E-state index is 12.7. The molecule has 0 aliphatic carbocycles. The lowest BCUT2D eigenvalue weighted by atomic mass is 10.2. The third kappa shape index (κ3) is 5.77. The molecule has 2 aromatic carbocycles. The van der Waals surface area contributed by atoms with Gasteiger partial charge in [-0.3, -0.25) is 4.79 Å². The maximum atomic E-state index is 12.7. The largest absolute Gasteiger partial charge is 0.449 e. The van der Waals surface area contributed by atoms with Gasteiger partial charge in [0.05, 0.1) is 5.56 Å². The van der Waals surface area contributed by atoms with Crippen molar-refractivity contribution in [3.05, 3.63) is 71.8 Å². The van der Waals surface area contributed by atoms with Crippen LogP contribution in [0.3, 0.4) is 0 Å². The van der Waals surface area contributed by atoms with Gasteiger partial charge in [-0.25, -0.2) is 4.79 Å². The second kappa shape index (κ2) is 8.33. The highest BCUT2D eigenvalue weighted by molar-refractivity contribution is 5.96. The molecule has 0 saturated heterocycles. The lowest BCUT2D eigenvalue weighted by Gasteiger charge is -2.13. The summed E-state index contributed by atoms with van der Waals surface area (Å²) in [5, 5.41) is 2.29. The van der Waals surface area contributed by atoms with Crippen molar-refractivity contribution >= 4 is 23.6 Å². The fourth-order valence-corrected chi connectivity index (χ4v) is 2.01. The molecule has 0 heterocycles. The van der Waals surface area contributed by atoms with Crippen LogP contribution in [-0.4, -0.2) is 18.0 Å². The zero-order valence-electron chi connectivity index (χ0n) is 13.8. The number of hydrogen-bond acceptors (Lipinski definition) is 3. The van der Waals surface area contributed by atoms with Crippen molar-refractivity contribution in [2.75, 3.05) is 5.32 Å². The molecule has 0 saturated carbocycles. The van der Waals surface area contributed by atoms with Gasteiger partial charge in [0.25, 0.3) is 5.91 Å². The SMILES string of the molecule is C[C@@H](OC(=O)/C=C/c1ccccc1)C(=O)Nc1cccc(C(F)(F)F)c1. The van der Waals surface area contributed by atoms with Crippen LogP contribution in [0.1, 0.15) is 18.1 Å². The molecule has 0 aromatic heterocycles. The van der Waals surface area contributed by atoms with Crippen molar-refractivity contribution in [2.45, 2.75) is 19.2 Å². The minimum atomic E-state index is -4.51. The number of halogens is 3. The molecule has 1 atom stereocenters. The van der Waals surface area contributed by atoms with Gasteiger partial charge in [0.15, 0.2) is 6.10 Å². The van der Waals surface area contributed by atoms with Crippen LogP contribution in [0.25, 0.3) is 6.08 Å². The Bertz CT molecular complexity index is 801. The molecule has 1 amide bonds. The van der Waals surface area contributed by atoms with E-state index in [1.165, 1.54) is 31.2 Å². The number of carbonyl (C=O) groups is 2. The molecule has 7 heteroatoms. The molecule has 136 valence electrons. The van der Waals surface area contributed by atoms with Gasteiger partial charge in [0, 0.05) is 11.8 Å². The van der Waals surface area contributed by atoms with E-state index in [1.807, 2.05) is 6.07 Å². The predicted octanol–water partition coefficient (Wildman–Crippen LogP) is 4.29. The summed E-state index contributed by atoms with van der Waals surface area (Å²) in [5.41, 5.74) is -0.135. The standard InChI is InChI=1S/C19H16F3NO3/c1-13(26-17(24)11-10-14-6-3-2-4-7-14)18(25)23-16-9-5-8-15(12-16)19(20,21)22/h2-13H,1H3,(H,23,25)/b11-10+/t13-/m1/s1. The third-order valence-corrected chi connectivity index (χ3v) is 3.33. The molecular formula is C19H16F3NO3. The van der Waals surface area contributed by atoms with E-state index in [0.717, 1.165) is 17.7 Å². The number of esters is 1. The Morgan fingerprint density at radius 2 is 1.77 bits per heavy atom. The molecule has 0 fully saturated rings. The second-order valence-electron chi connectivity index (χ2n) is 5.39. The van der Waals surface area contributed by atoms with Crippen molar-refractivity contribution in [2.24, 2.45) is 0 Å². The fraction of sp³-hybridized carbons (Fsp3) is 0.158. The Morgan fingerprint density at radius 1 is 1.08 bits per heavy atom. The average Bonchev–Trinajstić information content (AvgIpc) is 2.60. The number of alkyl halides is 3. The van der Waals surface area contributed by atoms with E-state index < -0.39 is 29.7 Å². The average molecular weight is 363 g/mol. The number of hydrogen-bond donors (Lipinski definition) is 1. The van der Waals surface area contributed by atoms with E-state index >= 15 is 0 Å². The number of benzene rings is 2. The van der Waals surface area contributed by atoms with Crippen LogP contribution < -0.4 is 5.32 Å². The van der Waals surface area contributed by atoms with Crippen molar-refractivity contribution in [3.8, 4) is 0 Å². The number of carbonyl (C=O) groups excluding carboxylic acids is 2. The lowest BCUT2D eigenvalue weighted by Crippen LogP contribution is -2.29. The predicted molar refractivity (Wildman–Crippen MR) is 91.1 cm³/mol. The van der Waals surface area contributed by atoms with Crippen LogP contribution in [0, 0.1) is 0 Å². The first-order valence-electron chi connectivity index (χ1n) is 7.67. The summed E-state index contributed by atoms with van der Waals surface area (Å²) in [6.45, 7) is 1.33. The Hall–Kier alpha value is -3.09. The van der Waals surface area contributed by atoms with Crippen molar-refractivity contribution in [1.29, 1.82) is 0 Å². The fourth-order valence-electron chi connectivity index (χ4n) is 2.01. The Balaban J connectivity index is 1.93. The first-order valence-corrected chi connectivity index (χ1v) is 7.67. The molecule has 2 aromatic rings. The van der Waals surface area contributed by atoms with Crippen molar-refractivity contribution in [3.63, 3.8) is 0 Å². The molecule has 4 nitrogen and oxygen atoms in total. The third-order valence-electron chi connectivity index (χ3n) is 3.33.